The van der Waals surface area contributed by atoms with Crippen molar-refractivity contribution < 1.29 is 5.11 Å². The van der Waals surface area contributed by atoms with Gasteiger partial charge in [-0.2, -0.15) is 5.11 Å². The number of nitrogens with zero attached hydrogens (tertiary/aromatic N) is 2. The van der Waals surface area contributed by atoms with Crippen LogP contribution in [-0.2, 0) is 0 Å². The summed E-state index contributed by atoms with van der Waals surface area (Å²) in [5.41, 5.74) is 8.59. The summed E-state index contributed by atoms with van der Waals surface area (Å²) < 4.78 is 0. The molecule has 0 radical (unpaired) electrons. The molecule has 0 spiro atoms. The second-order valence-corrected chi connectivity index (χ2v) is 4.95. The Labute approximate surface area is 122 Å². The van der Waals surface area contributed by atoms with E-state index in [0.29, 0.717) is 17.1 Å². The van der Waals surface area contributed by atoms with Gasteiger partial charge in [-0.05, 0) is 48.7 Å². The monoisotopic (exact) mass is 277 g/mol. The molecule has 0 aromatic heterocycles. The summed E-state index contributed by atoms with van der Waals surface area (Å²) in [5, 5.41) is 20.3. The highest BCUT2D eigenvalue weighted by Crippen LogP contribution is 2.36. The van der Waals surface area contributed by atoms with Crippen LogP contribution in [0, 0.1) is 6.92 Å². The number of phenolic OH excluding ortho intramolecular Hbond substituents is 1. The number of rotatable bonds is 2. The molecule has 3 aromatic rings. The van der Waals surface area contributed by atoms with Crippen LogP contribution in [0.5, 0.6) is 5.75 Å². The van der Waals surface area contributed by atoms with Crippen LogP contribution in [-0.4, -0.2) is 5.11 Å². The number of aryl methyl sites for hydroxylation is 1. The van der Waals surface area contributed by atoms with E-state index < -0.39 is 0 Å². The van der Waals surface area contributed by atoms with Crippen LogP contribution in [0.2, 0.25) is 0 Å². The minimum absolute atomic E-state index is 0.118. The lowest BCUT2D eigenvalue weighted by Crippen LogP contribution is -1.80. The molecule has 104 valence electrons. The van der Waals surface area contributed by atoms with Gasteiger partial charge >= 0.3 is 0 Å². The predicted octanol–water partition coefficient (Wildman–Crippen LogP) is 4.85. The van der Waals surface area contributed by atoms with Crippen LogP contribution in [0.3, 0.4) is 0 Å². The van der Waals surface area contributed by atoms with Crippen LogP contribution in [0.1, 0.15) is 5.56 Å². The fourth-order valence-electron chi connectivity index (χ4n) is 2.16. The first kappa shape index (κ1) is 13.1. The highest BCUT2D eigenvalue weighted by molar-refractivity contribution is 5.95. The van der Waals surface area contributed by atoms with E-state index in [-0.39, 0.29) is 5.75 Å². The number of hydrogen-bond acceptors (Lipinski definition) is 4. The van der Waals surface area contributed by atoms with Gasteiger partial charge in [0.25, 0.3) is 0 Å². The largest absolute Gasteiger partial charge is 0.506 e. The number of anilines is 1. The zero-order valence-electron chi connectivity index (χ0n) is 11.6. The summed E-state index contributed by atoms with van der Waals surface area (Å²) in [7, 11) is 0. The highest BCUT2D eigenvalue weighted by Gasteiger charge is 2.06. The third kappa shape index (κ3) is 2.69. The molecule has 3 rings (SSSR count). The van der Waals surface area contributed by atoms with E-state index in [1.807, 2.05) is 31.2 Å². The van der Waals surface area contributed by atoms with Crippen molar-refractivity contribution in [2.24, 2.45) is 10.2 Å². The smallest absolute Gasteiger partial charge is 0.143 e. The van der Waals surface area contributed by atoms with Crippen LogP contribution >= 0.6 is 0 Å². The molecule has 0 saturated carbocycles. The third-order valence-electron chi connectivity index (χ3n) is 3.29. The lowest BCUT2D eigenvalue weighted by molar-refractivity contribution is 0.477. The fourth-order valence-corrected chi connectivity index (χ4v) is 2.16. The van der Waals surface area contributed by atoms with E-state index in [0.717, 1.165) is 16.3 Å². The van der Waals surface area contributed by atoms with Crippen molar-refractivity contribution in [1.29, 1.82) is 0 Å². The minimum atomic E-state index is 0.118. The molecule has 0 fully saturated rings. The second-order valence-electron chi connectivity index (χ2n) is 4.95. The molecule has 0 aliphatic rings. The average Bonchev–Trinajstić information content (AvgIpc) is 2.48. The molecule has 4 heteroatoms. The summed E-state index contributed by atoms with van der Waals surface area (Å²) in [6, 6.07) is 16.6. The quantitative estimate of drug-likeness (QED) is 0.519. The number of aromatic hydroxyl groups is 1. The van der Waals surface area contributed by atoms with E-state index in [9.17, 15) is 5.11 Å². The Hall–Kier alpha value is -2.88. The van der Waals surface area contributed by atoms with E-state index in [1.165, 1.54) is 0 Å². The average molecular weight is 277 g/mol. The molecule has 0 aliphatic carbocycles. The van der Waals surface area contributed by atoms with Crippen LogP contribution in [0.25, 0.3) is 10.8 Å². The lowest BCUT2D eigenvalue weighted by atomic mass is 10.1. The number of phenols is 1. The summed E-state index contributed by atoms with van der Waals surface area (Å²) in [6.07, 6.45) is 0. The molecule has 0 atom stereocenters. The fraction of sp³-hybridized carbons (Fsp3) is 0.0588. The maximum absolute atomic E-state index is 10.0. The van der Waals surface area contributed by atoms with Crippen molar-refractivity contribution in [3.63, 3.8) is 0 Å². The minimum Gasteiger partial charge on any atom is -0.506 e. The van der Waals surface area contributed by atoms with Gasteiger partial charge in [-0.15, -0.1) is 5.11 Å². The number of fused-ring (bicyclic) bond motifs is 1. The summed E-state index contributed by atoms with van der Waals surface area (Å²) in [4.78, 5) is 0. The molecule has 3 aromatic carbocycles. The molecule has 3 N–H and O–H groups in total. The Balaban J connectivity index is 2.09. The SMILES string of the molecule is Cc1ccc2ccc(O)c(/N=N/c3ccc(N)cc3)c2c1. The lowest BCUT2D eigenvalue weighted by Gasteiger charge is -2.05. The van der Waals surface area contributed by atoms with Gasteiger partial charge in [0.05, 0.1) is 5.69 Å². The van der Waals surface area contributed by atoms with E-state index in [1.54, 1.807) is 30.3 Å². The summed E-state index contributed by atoms with van der Waals surface area (Å²) in [5.74, 6) is 0.118. The highest BCUT2D eigenvalue weighted by atomic mass is 16.3. The van der Waals surface area contributed by atoms with Gasteiger partial charge < -0.3 is 10.8 Å². The molecule has 4 nitrogen and oxygen atoms in total. The van der Waals surface area contributed by atoms with Gasteiger partial charge in [-0.3, -0.25) is 0 Å². The van der Waals surface area contributed by atoms with Crippen LogP contribution in [0.15, 0.2) is 64.8 Å². The predicted molar refractivity (Wildman–Crippen MR) is 85.4 cm³/mol. The third-order valence-corrected chi connectivity index (χ3v) is 3.29. The number of benzene rings is 3. The van der Waals surface area contributed by atoms with Crippen LogP contribution in [0.4, 0.5) is 17.1 Å². The Bertz CT molecular complexity index is 818. The Morgan fingerprint density at radius 1 is 0.905 bits per heavy atom. The summed E-state index contributed by atoms with van der Waals surface area (Å²) in [6.45, 7) is 2.00. The molecular weight excluding hydrogens is 262 g/mol. The Morgan fingerprint density at radius 2 is 1.62 bits per heavy atom. The van der Waals surface area contributed by atoms with Crippen molar-refractivity contribution in [2.45, 2.75) is 6.92 Å². The van der Waals surface area contributed by atoms with Crippen molar-refractivity contribution in [1.82, 2.24) is 0 Å². The first-order valence-corrected chi connectivity index (χ1v) is 6.63. The number of nitrogen functional groups attached to an aromatic ring is 1. The van der Waals surface area contributed by atoms with E-state index >= 15 is 0 Å². The van der Waals surface area contributed by atoms with Crippen molar-refractivity contribution in [2.75, 3.05) is 5.73 Å². The second kappa shape index (κ2) is 5.25. The number of hydrogen-bond donors (Lipinski definition) is 2. The van der Waals surface area contributed by atoms with Gasteiger partial charge in [-0.25, -0.2) is 0 Å². The number of nitrogens with two attached hydrogens (primary N) is 1. The van der Waals surface area contributed by atoms with Gasteiger partial charge in [0.2, 0.25) is 0 Å². The maximum Gasteiger partial charge on any atom is 0.143 e. The van der Waals surface area contributed by atoms with Crippen LogP contribution < -0.4 is 5.73 Å². The zero-order valence-corrected chi connectivity index (χ0v) is 11.6. The van der Waals surface area contributed by atoms with E-state index in [4.69, 9.17) is 5.73 Å². The zero-order chi connectivity index (χ0) is 14.8. The van der Waals surface area contributed by atoms with Crippen molar-refractivity contribution >= 4 is 27.8 Å². The standard InChI is InChI=1S/C17H15N3O/c1-11-2-3-12-4-9-16(21)17(15(12)10-11)20-19-14-7-5-13(18)6-8-14/h2-10,21H,18H2,1H3/b20-19+. The van der Waals surface area contributed by atoms with Gasteiger partial charge in [0, 0.05) is 11.1 Å². The topological polar surface area (TPSA) is 71.0 Å². The Kier molecular flexibility index (Phi) is 3.28. The first-order chi connectivity index (χ1) is 10.1. The molecule has 0 saturated heterocycles. The maximum atomic E-state index is 10.0. The van der Waals surface area contributed by atoms with Gasteiger partial charge in [0.15, 0.2) is 0 Å². The normalized spacial score (nSPS) is 11.3. The molecular formula is C17H15N3O. The Morgan fingerprint density at radius 3 is 2.38 bits per heavy atom. The van der Waals surface area contributed by atoms with E-state index in [2.05, 4.69) is 10.2 Å². The molecule has 0 bridgehead atoms. The van der Waals surface area contributed by atoms with Gasteiger partial charge in [0.1, 0.15) is 11.4 Å². The first-order valence-electron chi connectivity index (χ1n) is 6.63. The number of azo groups is 1. The van der Waals surface area contributed by atoms with Crippen molar-refractivity contribution in [3.05, 3.63) is 60.2 Å². The molecule has 0 unspecified atom stereocenters. The van der Waals surface area contributed by atoms with Gasteiger partial charge in [-0.1, -0.05) is 23.8 Å². The molecule has 0 amide bonds. The molecule has 21 heavy (non-hydrogen) atoms. The summed E-state index contributed by atoms with van der Waals surface area (Å²) >= 11 is 0. The van der Waals surface area contributed by atoms with Crippen molar-refractivity contribution in [3.8, 4) is 5.75 Å². The molecule has 0 heterocycles. The molecule has 0 aliphatic heterocycles.